The third-order valence-corrected chi connectivity index (χ3v) is 2.20. The van der Waals surface area contributed by atoms with Gasteiger partial charge in [0.05, 0.1) is 0 Å². The summed E-state index contributed by atoms with van der Waals surface area (Å²) in [6, 6.07) is 8.25. The first-order valence-corrected chi connectivity index (χ1v) is 6.31. The van der Waals surface area contributed by atoms with E-state index in [9.17, 15) is 9.59 Å². The van der Waals surface area contributed by atoms with Crippen LogP contribution in [0.5, 0.6) is 0 Å². The number of ether oxygens (including phenoxy) is 2. The molecule has 0 unspecified atom stereocenters. The van der Waals surface area contributed by atoms with Crippen molar-refractivity contribution < 1.29 is 19.1 Å². The number of amides is 1. The van der Waals surface area contributed by atoms with Crippen molar-refractivity contribution in [3.05, 3.63) is 42.8 Å². The molecular formula is C15H20NO4. The van der Waals surface area contributed by atoms with Gasteiger partial charge in [0, 0.05) is 0 Å². The van der Waals surface area contributed by atoms with Crippen LogP contribution in [-0.4, -0.2) is 23.7 Å². The lowest BCUT2D eigenvalue weighted by atomic mass is 10.2. The van der Waals surface area contributed by atoms with Crippen molar-refractivity contribution in [3.8, 4) is 0 Å². The number of hydrogen-bond acceptors (Lipinski definition) is 4. The Morgan fingerprint density at radius 1 is 1.25 bits per heavy atom. The van der Waals surface area contributed by atoms with Crippen LogP contribution in [-0.2, 0) is 20.9 Å². The molecule has 0 saturated carbocycles. The molecule has 1 rings (SSSR count). The van der Waals surface area contributed by atoms with Crippen LogP contribution in [0.4, 0.5) is 4.79 Å². The van der Waals surface area contributed by atoms with E-state index in [1.807, 2.05) is 30.3 Å². The normalized spacial score (nSPS) is 12.4. The summed E-state index contributed by atoms with van der Waals surface area (Å²) in [5.41, 5.74) is 0.239. The molecule has 0 aromatic heterocycles. The molecule has 0 bridgehead atoms. The zero-order chi connectivity index (χ0) is 15.2. The lowest BCUT2D eigenvalue weighted by Gasteiger charge is -2.21. The van der Waals surface area contributed by atoms with Gasteiger partial charge in [0.25, 0.3) is 0 Å². The highest BCUT2D eigenvalue weighted by atomic mass is 16.6. The number of carbonyl (C=O) groups excluding carboxylic acids is 2. The SMILES string of the molecule is [CH2][C@@H](NC(=O)OC(C)(C)C)C(=O)OCc1ccccc1. The molecule has 5 nitrogen and oxygen atoms in total. The van der Waals surface area contributed by atoms with Crippen LogP contribution < -0.4 is 5.32 Å². The first kappa shape index (κ1) is 16.0. The van der Waals surface area contributed by atoms with Crippen LogP contribution in [0.3, 0.4) is 0 Å². The lowest BCUT2D eigenvalue weighted by molar-refractivity contribution is -0.146. The fourth-order valence-corrected chi connectivity index (χ4v) is 1.34. The summed E-state index contributed by atoms with van der Waals surface area (Å²) in [6.07, 6.45) is -0.700. The van der Waals surface area contributed by atoms with Crippen molar-refractivity contribution in [2.75, 3.05) is 0 Å². The van der Waals surface area contributed by atoms with Gasteiger partial charge in [-0.3, -0.25) is 0 Å². The minimum atomic E-state index is -1.01. The van der Waals surface area contributed by atoms with Crippen LogP contribution >= 0.6 is 0 Å². The van der Waals surface area contributed by atoms with Gasteiger partial charge in [-0.1, -0.05) is 30.3 Å². The van der Waals surface area contributed by atoms with Crippen LogP contribution in [0.25, 0.3) is 0 Å². The summed E-state index contributed by atoms with van der Waals surface area (Å²) in [6.45, 7) is 8.88. The monoisotopic (exact) mass is 278 g/mol. The third kappa shape index (κ3) is 6.22. The predicted molar refractivity (Wildman–Crippen MR) is 74.8 cm³/mol. The summed E-state index contributed by atoms with van der Waals surface area (Å²) in [7, 11) is 0. The number of rotatable bonds is 4. The van der Waals surface area contributed by atoms with E-state index in [1.165, 1.54) is 0 Å². The van der Waals surface area contributed by atoms with E-state index in [-0.39, 0.29) is 6.61 Å². The molecule has 1 radical (unpaired) electrons. The second-order valence-corrected chi connectivity index (χ2v) is 5.29. The number of benzene rings is 1. The zero-order valence-corrected chi connectivity index (χ0v) is 12.0. The van der Waals surface area contributed by atoms with E-state index in [4.69, 9.17) is 9.47 Å². The maximum atomic E-state index is 11.7. The molecule has 0 aliphatic carbocycles. The second kappa shape index (κ2) is 6.93. The van der Waals surface area contributed by atoms with E-state index in [1.54, 1.807) is 20.8 Å². The Balaban J connectivity index is 2.38. The van der Waals surface area contributed by atoms with Gasteiger partial charge < -0.3 is 14.8 Å². The zero-order valence-electron chi connectivity index (χ0n) is 12.0. The van der Waals surface area contributed by atoms with Gasteiger partial charge in [0.2, 0.25) is 0 Å². The molecule has 0 heterocycles. The van der Waals surface area contributed by atoms with Crippen molar-refractivity contribution in [1.82, 2.24) is 5.32 Å². The fraction of sp³-hybridized carbons (Fsp3) is 0.400. The molecule has 1 atom stereocenters. The summed E-state index contributed by atoms with van der Waals surface area (Å²) in [5.74, 6) is -0.611. The molecule has 5 heteroatoms. The molecule has 1 N–H and O–H groups in total. The molecule has 1 amide bonds. The highest BCUT2D eigenvalue weighted by Crippen LogP contribution is 2.07. The number of nitrogens with one attached hydrogen (secondary N) is 1. The maximum absolute atomic E-state index is 11.7. The van der Waals surface area contributed by atoms with E-state index in [2.05, 4.69) is 12.2 Å². The Morgan fingerprint density at radius 2 is 1.85 bits per heavy atom. The number of carbonyl (C=O) groups is 2. The average Bonchev–Trinajstić information content (AvgIpc) is 2.34. The minimum absolute atomic E-state index is 0.141. The molecule has 109 valence electrons. The van der Waals surface area contributed by atoms with Crippen LogP contribution in [0.1, 0.15) is 26.3 Å². The largest absolute Gasteiger partial charge is 0.459 e. The highest BCUT2D eigenvalue weighted by Gasteiger charge is 2.21. The smallest absolute Gasteiger partial charge is 0.408 e. The molecule has 1 aromatic rings. The van der Waals surface area contributed by atoms with Gasteiger partial charge in [0.15, 0.2) is 0 Å². The molecule has 0 spiro atoms. The van der Waals surface area contributed by atoms with Crippen LogP contribution in [0.15, 0.2) is 30.3 Å². The van der Waals surface area contributed by atoms with Gasteiger partial charge in [0.1, 0.15) is 18.2 Å². The third-order valence-electron chi connectivity index (χ3n) is 2.20. The minimum Gasteiger partial charge on any atom is -0.459 e. The van der Waals surface area contributed by atoms with E-state index in [0.29, 0.717) is 0 Å². The van der Waals surface area contributed by atoms with E-state index < -0.39 is 23.7 Å². The van der Waals surface area contributed by atoms with Gasteiger partial charge in [-0.2, -0.15) is 0 Å². The van der Waals surface area contributed by atoms with Crippen molar-refractivity contribution in [2.24, 2.45) is 0 Å². The lowest BCUT2D eigenvalue weighted by Crippen LogP contribution is -2.42. The Kier molecular flexibility index (Phi) is 5.55. The molecule has 0 aliphatic rings. The van der Waals surface area contributed by atoms with Gasteiger partial charge in [-0.05, 0) is 33.3 Å². The molecule has 0 fully saturated rings. The summed E-state index contributed by atoms with van der Waals surface area (Å²) in [5, 5.41) is 2.33. The van der Waals surface area contributed by atoms with Crippen molar-refractivity contribution in [1.29, 1.82) is 0 Å². The van der Waals surface area contributed by atoms with E-state index >= 15 is 0 Å². The fourth-order valence-electron chi connectivity index (χ4n) is 1.34. The highest BCUT2D eigenvalue weighted by molar-refractivity contribution is 5.82. The maximum Gasteiger partial charge on any atom is 0.408 e. The summed E-state index contributed by atoms with van der Waals surface area (Å²) < 4.78 is 10.1. The number of hydrogen-bond donors (Lipinski definition) is 1. The summed E-state index contributed by atoms with van der Waals surface area (Å²) in [4.78, 5) is 23.1. The molecule has 20 heavy (non-hydrogen) atoms. The molecule has 0 aliphatic heterocycles. The standard InChI is InChI=1S/C15H20NO4/c1-11(16-14(18)20-15(2,3)4)13(17)19-10-12-8-6-5-7-9-12/h5-9,11H,1,10H2,2-4H3,(H,16,18)/t11-/m1/s1. The number of alkyl carbamates (subject to hydrolysis) is 1. The second-order valence-electron chi connectivity index (χ2n) is 5.29. The number of esters is 1. The molecule has 0 saturated heterocycles. The van der Waals surface area contributed by atoms with Crippen molar-refractivity contribution >= 4 is 12.1 Å². The molecule has 1 aromatic carbocycles. The van der Waals surface area contributed by atoms with Crippen molar-refractivity contribution in [3.63, 3.8) is 0 Å². The van der Waals surface area contributed by atoms with Gasteiger partial charge >= 0.3 is 12.1 Å². The Hall–Kier alpha value is -2.04. The first-order chi connectivity index (χ1) is 9.28. The van der Waals surface area contributed by atoms with Gasteiger partial charge in [-0.25, -0.2) is 9.59 Å². The topological polar surface area (TPSA) is 64.6 Å². The quantitative estimate of drug-likeness (QED) is 0.859. The van der Waals surface area contributed by atoms with Gasteiger partial charge in [-0.15, -0.1) is 0 Å². The van der Waals surface area contributed by atoms with Crippen molar-refractivity contribution in [2.45, 2.75) is 39.0 Å². The average molecular weight is 278 g/mol. The van der Waals surface area contributed by atoms with Crippen LogP contribution in [0, 0.1) is 6.92 Å². The Labute approximate surface area is 119 Å². The van der Waals surface area contributed by atoms with Crippen LogP contribution in [0.2, 0.25) is 0 Å². The Bertz CT molecular complexity index is 451. The van der Waals surface area contributed by atoms with E-state index in [0.717, 1.165) is 5.56 Å². The Morgan fingerprint density at radius 3 is 2.40 bits per heavy atom. The molecular weight excluding hydrogens is 258 g/mol. The first-order valence-electron chi connectivity index (χ1n) is 6.31. The predicted octanol–water partition coefficient (Wildman–Crippen LogP) is 2.46. The summed E-state index contributed by atoms with van der Waals surface area (Å²) >= 11 is 0.